The number of nitrogens with one attached hydrogen (secondary N) is 2. The molecule has 0 saturated carbocycles. The Morgan fingerprint density at radius 2 is 1.66 bits per heavy atom. The van der Waals surface area contributed by atoms with Gasteiger partial charge in [-0.3, -0.25) is 0 Å². The molecule has 0 aliphatic carbocycles. The number of anilines is 4. The number of hydrogen-bond donors (Lipinski definition) is 2. The fourth-order valence-electron chi connectivity index (χ4n) is 3.50. The van der Waals surface area contributed by atoms with Crippen LogP contribution in [0.3, 0.4) is 0 Å². The van der Waals surface area contributed by atoms with Gasteiger partial charge in [0.15, 0.2) is 0 Å². The maximum absolute atomic E-state index is 5.49. The summed E-state index contributed by atoms with van der Waals surface area (Å²) in [5.41, 5.74) is 3.52. The maximum Gasteiger partial charge on any atom is 0.136 e. The van der Waals surface area contributed by atoms with Crippen LogP contribution < -0.4 is 15.5 Å². The molecular formula is C23H27N5O. The van der Waals surface area contributed by atoms with Gasteiger partial charge in [0.05, 0.1) is 24.6 Å². The van der Waals surface area contributed by atoms with E-state index in [1.165, 1.54) is 11.3 Å². The maximum atomic E-state index is 5.49. The molecule has 6 heteroatoms. The summed E-state index contributed by atoms with van der Waals surface area (Å²) in [5.74, 6) is 2.36. The van der Waals surface area contributed by atoms with Crippen molar-refractivity contribution in [2.75, 3.05) is 48.4 Å². The highest BCUT2D eigenvalue weighted by Crippen LogP contribution is 2.29. The van der Waals surface area contributed by atoms with Crippen molar-refractivity contribution in [3.63, 3.8) is 0 Å². The number of aryl methyl sites for hydroxylation is 1. The van der Waals surface area contributed by atoms with Crippen LogP contribution in [0.15, 0.2) is 60.7 Å². The minimum Gasteiger partial charge on any atom is -0.378 e. The van der Waals surface area contributed by atoms with Gasteiger partial charge in [-0.15, -0.1) is 0 Å². The van der Waals surface area contributed by atoms with Crippen LogP contribution in [-0.2, 0) is 11.2 Å². The SMILES string of the molecule is Cc1nc(NCCc2ccccc2)cc(Nc2ccccc2N2CCOCC2)n1. The number of morpholine rings is 1. The lowest BCUT2D eigenvalue weighted by molar-refractivity contribution is 0.123. The monoisotopic (exact) mass is 389 g/mol. The van der Waals surface area contributed by atoms with Crippen molar-refractivity contribution in [1.29, 1.82) is 0 Å². The van der Waals surface area contributed by atoms with Gasteiger partial charge in [-0.25, -0.2) is 9.97 Å². The van der Waals surface area contributed by atoms with Gasteiger partial charge >= 0.3 is 0 Å². The Morgan fingerprint density at radius 1 is 0.931 bits per heavy atom. The molecule has 150 valence electrons. The molecular weight excluding hydrogens is 362 g/mol. The third-order valence-corrected chi connectivity index (χ3v) is 4.92. The summed E-state index contributed by atoms with van der Waals surface area (Å²) in [5, 5.41) is 6.91. The molecule has 2 N–H and O–H groups in total. The number of benzene rings is 2. The second-order valence-corrected chi connectivity index (χ2v) is 7.09. The van der Waals surface area contributed by atoms with E-state index < -0.39 is 0 Å². The topological polar surface area (TPSA) is 62.3 Å². The molecule has 0 amide bonds. The lowest BCUT2D eigenvalue weighted by atomic mass is 10.1. The van der Waals surface area contributed by atoms with Crippen LogP contribution in [0.1, 0.15) is 11.4 Å². The molecule has 1 aromatic heterocycles. The van der Waals surface area contributed by atoms with Crippen molar-refractivity contribution >= 4 is 23.0 Å². The largest absolute Gasteiger partial charge is 0.378 e. The first kappa shape index (κ1) is 19.2. The van der Waals surface area contributed by atoms with E-state index >= 15 is 0 Å². The first-order valence-electron chi connectivity index (χ1n) is 10.1. The van der Waals surface area contributed by atoms with E-state index in [0.29, 0.717) is 0 Å². The standard InChI is InChI=1S/C23H27N5O/c1-18-25-22(24-12-11-19-7-3-2-4-8-19)17-23(26-18)27-20-9-5-6-10-21(20)28-13-15-29-16-14-28/h2-10,17H,11-16H2,1H3,(H2,24,25,26,27). The smallest absolute Gasteiger partial charge is 0.136 e. The highest BCUT2D eigenvalue weighted by molar-refractivity contribution is 5.75. The molecule has 0 radical (unpaired) electrons. The molecule has 4 rings (SSSR count). The van der Waals surface area contributed by atoms with E-state index in [0.717, 1.165) is 62.4 Å². The van der Waals surface area contributed by atoms with Crippen LogP contribution in [0.4, 0.5) is 23.0 Å². The van der Waals surface area contributed by atoms with E-state index in [1.807, 2.05) is 25.1 Å². The molecule has 0 atom stereocenters. The number of rotatable bonds is 7. The van der Waals surface area contributed by atoms with Crippen LogP contribution in [0.5, 0.6) is 0 Å². The molecule has 1 aliphatic rings. The van der Waals surface area contributed by atoms with E-state index in [9.17, 15) is 0 Å². The van der Waals surface area contributed by atoms with Crippen LogP contribution in [0.25, 0.3) is 0 Å². The van der Waals surface area contributed by atoms with Crippen molar-refractivity contribution in [2.45, 2.75) is 13.3 Å². The summed E-state index contributed by atoms with van der Waals surface area (Å²) in [4.78, 5) is 11.5. The zero-order chi connectivity index (χ0) is 19.9. The zero-order valence-electron chi connectivity index (χ0n) is 16.8. The summed E-state index contributed by atoms with van der Waals surface area (Å²) in [6.07, 6.45) is 0.951. The molecule has 2 heterocycles. The number of ether oxygens (including phenoxy) is 1. The van der Waals surface area contributed by atoms with Crippen LogP contribution in [-0.4, -0.2) is 42.8 Å². The Bertz CT molecular complexity index is 926. The molecule has 3 aromatic rings. The predicted octanol–water partition coefficient (Wildman–Crippen LogP) is 4.02. The lowest BCUT2D eigenvalue weighted by Crippen LogP contribution is -2.36. The van der Waals surface area contributed by atoms with Crippen LogP contribution in [0.2, 0.25) is 0 Å². The molecule has 0 unspecified atom stereocenters. The molecule has 1 aliphatic heterocycles. The molecule has 29 heavy (non-hydrogen) atoms. The highest BCUT2D eigenvalue weighted by Gasteiger charge is 2.15. The van der Waals surface area contributed by atoms with Gasteiger partial charge in [0.2, 0.25) is 0 Å². The number of aromatic nitrogens is 2. The summed E-state index contributed by atoms with van der Waals surface area (Å²) in [6.45, 7) is 6.06. The number of nitrogens with zero attached hydrogens (tertiary/aromatic N) is 3. The molecule has 2 aromatic carbocycles. The average molecular weight is 390 g/mol. The fraction of sp³-hybridized carbons (Fsp3) is 0.304. The van der Waals surface area contributed by atoms with Crippen LogP contribution >= 0.6 is 0 Å². The average Bonchev–Trinajstić information content (AvgIpc) is 2.75. The molecule has 0 bridgehead atoms. The van der Waals surface area contributed by atoms with Gasteiger partial charge in [-0.2, -0.15) is 0 Å². The number of hydrogen-bond acceptors (Lipinski definition) is 6. The minimum atomic E-state index is 0.737. The third-order valence-electron chi connectivity index (χ3n) is 4.92. The van der Waals surface area contributed by atoms with Crippen molar-refractivity contribution in [2.24, 2.45) is 0 Å². The minimum absolute atomic E-state index is 0.737. The summed E-state index contributed by atoms with van der Waals surface area (Å²) < 4.78 is 5.49. The van der Waals surface area contributed by atoms with Crippen molar-refractivity contribution in [1.82, 2.24) is 9.97 Å². The first-order valence-corrected chi connectivity index (χ1v) is 10.1. The van der Waals surface area contributed by atoms with Gasteiger partial charge in [0.1, 0.15) is 17.5 Å². The van der Waals surface area contributed by atoms with E-state index in [4.69, 9.17) is 4.74 Å². The van der Waals surface area contributed by atoms with Crippen molar-refractivity contribution in [3.8, 4) is 0 Å². The Hall–Kier alpha value is -3.12. The second kappa shape index (κ2) is 9.39. The van der Waals surface area contributed by atoms with Crippen molar-refractivity contribution < 1.29 is 4.74 Å². The van der Waals surface area contributed by atoms with E-state index in [-0.39, 0.29) is 0 Å². The Kier molecular flexibility index (Phi) is 6.22. The lowest BCUT2D eigenvalue weighted by Gasteiger charge is -2.30. The highest BCUT2D eigenvalue weighted by atomic mass is 16.5. The predicted molar refractivity (Wildman–Crippen MR) is 118 cm³/mol. The first-order chi connectivity index (χ1) is 14.3. The summed E-state index contributed by atoms with van der Waals surface area (Å²) in [6, 6.07) is 20.8. The summed E-state index contributed by atoms with van der Waals surface area (Å²) >= 11 is 0. The van der Waals surface area contributed by atoms with Gasteiger partial charge in [0, 0.05) is 25.7 Å². The molecule has 1 saturated heterocycles. The van der Waals surface area contributed by atoms with E-state index in [1.54, 1.807) is 0 Å². The van der Waals surface area contributed by atoms with Gasteiger partial charge in [-0.1, -0.05) is 42.5 Å². The third kappa shape index (κ3) is 5.23. The number of para-hydroxylation sites is 2. The summed E-state index contributed by atoms with van der Waals surface area (Å²) in [7, 11) is 0. The quantitative estimate of drug-likeness (QED) is 0.636. The molecule has 6 nitrogen and oxygen atoms in total. The molecule has 0 spiro atoms. The van der Waals surface area contributed by atoms with Crippen LogP contribution in [0, 0.1) is 6.92 Å². The van der Waals surface area contributed by atoms with Gasteiger partial charge < -0.3 is 20.3 Å². The molecule has 1 fully saturated rings. The fourth-order valence-corrected chi connectivity index (χ4v) is 3.50. The second-order valence-electron chi connectivity index (χ2n) is 7.09. The Balaban J connectivity index is 1.45. The Labute approximate surface area is 172 Å². The van der Waals surface area contributed by atoms with Crippen molar-refractivity contribution in [3.05, 3.63) is 72.1 Å². The van der Waals surface area contributed by atoms with E-state index in [2.05, 4.69) is 68.0 Å². The van der Waals surface area contributed by atoms with Gasteiger partial charge in [-0.05, 0) is 31.0 Å². The normalized spacial score (nSPS) is 13.9. The Morgan fingerprint density at radius 3 is 2.48 bits per heavy atom. The zero-order valence-corrected chi connectivity index (χ0v) is 16.8. The van der Waals surface area contributed by atoms with Gasteiger partial charge in [0.25, 0.3) is 0 Å².